The van der Waals surface area contributed by atoms with Gasteiger partial charge in [-0.05, 0) is 12.1 Å². The van der Waals surface area contributed by atoms with E-state index in [0.29, 0.717) is 27.9 Å². The Balaban J connectivity index is 2.65. The van der Waals surface area contributed by atoms with Crippen LogP contribution in [0.2, 0.25) is 5.02 Å². The van der Waals surface area contributed by atoms with Crippen molar-refractivity contribution in [1.29, 1.82) is 0 Å². The highest BCUT2D eigenvalue weighted by Crippen LogP contribution is 2.35. The predicted molar refractivity (Wildman–Crippen MR) is 69.3 cm³/mol. The van der Waals surface area contributed by atoms with Crippen LogP contribution in [-0.2, 0) is 0 Å². The fourth-order valence-corrected chi connectivity index (χ4v) is 1.97. The van der Waals surface area contributed by atoms with Gasteiger partial charge in [0.15, 0.2) is 6.29 Å². The molecule has 0 aliphatic heterocycles. The van der Waals surface area contributed by atoms with E-state index in [-0.39, 0.29) is 0 Å². The van der Waals surface area contributed by atoms with Gasteiger partial charge in [-0.15, -0.1) is 0 Å². The quantitative estimate of drug-likeness (QED) is 0.798. The molecule has 0 atom stereocenters. The van der Waals surface area contributed by atoms with Gasteiger partial charge >= 0.3 is 0 Å². The zero-order chi connectivity index (χ0) is 13.1. The Morgan fingerprint density at radius 1 is 1.22 bits per heavy atom. The zero-order valence-corrected chi connectivity index (χ0v) is 10.8. The number of rotatable bonds is 4. The minimum atomic E-state index is 0.456. The number of benzene rings is 1. The van der Waals surface area contributed by atoms with E-state index in [9.17, 15) is 4.79 Å². The Kier molecular flexibility index (Phi) is 3.58. The SMILES string of the molecule is COc1cc(-n2cccc2C=O)c(OC)cc1Cl. The highest BCUT2D eigenvalue weighted by atomic mass is 35.5. The normalized spacial score (nSPS) is 10.2. The molecule has 0 saturated carbocycles. The maximum absolute atomic E-state index is 11.0. The van der Waals surface area contributed by atoms with Crippen molar-refractivity contribution >= 4 is 17.9 Å². The highest BCUT2D eigenvalue weighted by molar-refractivity contribution is 6.32. The number of hydrogen-bond donors (Lipinski definition) is 0. The molecule has 18 heavy (non-hydrogen) atoms. The third-order valence-electron chi connectivity index (χ3n) is 2.61. The topological polar surface area (TPSA) is 40.5 Å². The molecule has 94 valence electrons. The second-order valence-corrected chi connectivity index (χ2v) is 3.99. The Labute approximate surface area is 110 Å². The first kappa shape index (κ1) is 12.5. The molecule has 2 rings (SSSR count). The molecule has 0 unspecified atom stereocenters. The summed E-state index contributed by atoms with van der Waals surface area (Å²) in [5.74, 6) is 1.10. The lowest BCUT2D eigenvalue weighted by Gasteiger charge is -2.14. The smallest absolute Gasteiger partial charge is 0.166 e. The summed E-state index contributed by atoms with van der Waals surface area (Å²) in [6.45, 7) is 0. The van der Waals surface area contributed by atoms with E-state index < -0.39 is 0 Å². The first-order chi connectivity index (χ1) is 8.71. The Hall–Kier alpha value is -1.94. The summed E-state index contributed by atoms with van der Waals surface area (Å²) in [4.78, 5) is 11.0. The molecule has 0 bridgehead atoms. The average molecular weight is 266 g/mol. The Morgan fingerprint density at radius 3 is 2.56 bits per heavy atom. The van der Waals surface area contributed by atoms with Gasteiger partial charge in [-0.1, -0.05) is 11.6 Å². The Morgan fingerprint density at radius 2 is 1.94 bits per heavy atom. The van der Waals surface area contributed by atoms with Gasteiger partial charge in [-0.2, -0.15) is 0 Å². The van der Waals surface area contributed by atoms with Gasteiger partial charge < -0.3 is 14.0 Å². The van der Waals surface area contributed by atoms with Gasteiger partial charge in [-0.25, -0.2) is 0 Å². The summed E-state index contributed by atoms with van der Waals surface area (Å²) in [6, 6.07) is 6.89. The molecule has 2 aromatic rings. The molecule has 1 heterocycles. The first-order valence-electron chi connectivity index (χ1n) is 5.25. The second-order valence-electron chi connectivity index (χ2n) is 3.58. The van der Waals surface area contributed by atoms with Gasteiger partial charge in [0.25, 0.3) is 0 Å². The minimum Gasteiger partial charge on any atom is -0.495 e. The third kappa shape index (κ3) is 2.07. The summed E-state index contributed by atoms with van der Waals surface area (Å²) in [7, 11) is 3.08. The molecule has 1 aromatic carbocycles. The van der Waals surface area contributed by atoms with E-state index in [4.69, 9.17) is 21.1 Å². The van der Waals surface area contributed by atoms with Crippen LogP contribution in [-0.4, -0.2) is 25.1 Å². The van der Waals surface area contributed by atoms with Crippen molar-refractivity contribution in [2.45, 2.75) is 0 Å². The summed E-state index contributed by atoms with van der Waals surface area (Å²) in [5.41, 5.74) is 1.23. The number of aldehydes is 1. The van der Waals surface area contributed by atoms with Crippen LogP contribution in [0.25, 0.3) is 5.69 Å². The van der Waals surface area contributed by atoms with Crippen LogP contribution >= 0.6 is 11.6 Å². The number of ether oxygens (including phenoxy) is 2. The van der Waals surface area contributed by atoms with Crippen molar-refractivity contribution in [3.63, 3.8) is 0 Å². The van der Waals surface area contributed by atoms with E-state index in [2.05, 4.69) is 0 Å². The number of nitrogens with zero attached hydrogens (tertiary/aromatic N) is 1. The van der Waals surface area contributed by atoms with Crippen LogP contribution in [0.1, 0.15) is 10.5 Å². The Bertz CT molecular complexity index is 578. The maximum atomic E-state index is 11.0. The third-order valence-corrected chi connectivity index (χ3v) is 2.91. The molecular weight excluding hydrogens is 254 g/mol. The molecule has 0 fully saturated rings. The van der Waals surface area contributed by atoms with Gasteiger partial charge in [0.2, 0.25) is 0 Å². The molecule has 0 amide bonds. The first-order valence-corrected chi connectivity index (χ1v) is 5.63. The number of carbonyl (C=O) groups excluding carboxylic acids is 1. The van der Waals surface area contributed by atoms with Crippen LogP contribution in [0, 0.1) is 0 Å². The van der Waals surface area contributed by atoms with E-state index in [0.717, 1.165) is 6.29 Å². The molecule has 0 N–H and O–H groups in total. The van der Waals surface area contributed by atoms with Crippen LogP contribution < -0.4 is 9.47 Å². The average Bonchev–Trinajstić information content (AvgIpc) is 2.86. The molecule has 0 aliphatic rings. The predicted octanol–water partition coefficient (Wildman–Crippen LogP) is 2.96. The largest absolute Gasteiger partial charge is 0.495 e. The van der Waals surface area contributed by atoms with Crippen LogP contribution in [0.4, 0.5) is 0 Å². The standard InChI is InChI=1S/C13H12ClNO3/c1-17-12-7-11(13(18-2)6-10(12)14)15-5-3-4-9(15)8-16/h3-8H,1-2H3. The molecule has 0 radical (unpaired) electrons. The fourth-order valence-electron chi connectivity index (χ4n) is 1.74. The molecule has 0 saturated heterocycles. The number of methoxy groups -OCH3 is 2. The van der Waals surface area contributed by atoms with E-state index >= 15 is 0 Å². The number of carbonyl (C=O) groups is 1. The second kappa shape index (κ2) is 5.14. The monoisotopic (exact) mass is 265 g/mol. The summed E-state index contributed by atoms with van der Waals surface area (Å²) in [6.07, 6.45) is 2.55. The zero-order valence-electron chi connectivity index (χ0n) is 10.0. The van der Waals surface area contributed by atoms with Crippen molar-refractivity contribution in [3.05, 3.63) is 41.2 Å². The highest BCUT2D eigenvalue weighted by Gasteiger charge is 2.13. The van der Waals surface area contributed by atoms with Gasteiger partial charge in [-0.3, -0.25) is 4.79 Å². The minimum absolute atomic E-state index is 0.456. The molecule has 4 nitrogen and oxygen atoms in total. The molecule has 0 spiro atoms. The maximum Gasteiger partial charge on any atom is 0.166 e. The van der Waals surface area contributed by atoms with Crippen molar-refractivity contribution in [1.82, 2.24) is 4.57 Å². The molecular formula is C13H12ClNO3. The summed E-state index contributed by atoms with van der Waals surface area (Å²) >= 11 is 6.03. The molecule has 0 aliphatic carbocycles. The summed E-state index contributed by atoms with van der Waals surface area (Å²) in [5, 5.41) is 0.456. The molecule has 1 aromatic heterocycles. The van der Waals surface area contributed by atoms with E-state index in [1.807, 2.05) is 0 Å². The van der Waals surface area contributed by atoms with E-state index in [1.165, 1.54) is 7.11 Å². The van der Waals surface area contributed by atoms with Crippen molar-refractivity contribution in [2.75, 3.05) is 14.2 Å². The number of hydrogen-bond acceptors (Lipinski definition) is 3. The fraction of sp³-hybridized carbons (Fsp3) is 0.154. The van der Waals surface area contributed by atoms with Crippen molar-refractivity contribution in [2.24, 2.45) is 0 Å². The van der Waals surface area contributed by atoms with Crippen LogP contribution in [0.3, 0.4) is 0 Å². The lowest BCUT2D eigenvalue weighted by atomic mass is 10.2. The van der Waals surface area contributed by atoms with Gasteiger partial charge in [0.05, 0.1) is 30.6 Å². The van der Waals surface area contributed by atoms with Crippen LogP contribution in [0.5, 0.6) is 11.5 Å². The van der Waals surface area contributed by atoms with Crippen molar-refractivity contribution < 1.29 is 14.3 Å². The summed E-state index contributed by atoms with van der Waals surface area (Å²) < 4.78 is 12.2. The van der Waals surface area contributed by atoms with Gasteiger partial charge in [0.1, 0.15) is 11.5 Å². The van der Waals surface area contributed by atoms with Gasteiger partial charge in [0, 0.05) is 18.3 Å². The van der Waals surface area contributed by atoms with E-state index in [1.54, 1.807) is 42.1 Å². The lowest BCUT2D eigenvalue weighted by Crippen LogP contribution is -2.01. The van der Waals surface area contributed by atoms with Crippen molar-refractivity contribution in [3.8, 4) is 17.2 Å². The molecule has 5 heteroatoms. The van der Waals surface area contributed by atoms with Crippen LogP contribution in [0.15, 0.2) is 30.5 Å². The lowest BCUT2D eigenvalue weighted by molar-refractivity contribution is 0.111. The number of halogens is 1. The number of aromatic nitrogens is 1.